The Bertz CT molecular complexity index is 634. The maximum Gasteiger partial charge on any atom is 0.283 e. The van der Waals surface area contributed by atoms with Gasteiger partial charge in [-0.05, 0) is 27.6 Å². The molecular formula is C14H11BrFNO3. The van der Waals surface area contributed by atoms with E-state index in [1.807, 2.05) is 0 Å². The molecule has 0 spiro atoms. The van der Waals surface area contributed by atoms with Crippen LogP contribution in [0, 0.1) is 15.9 Å². The van der Waals surface area contributed by atoms with Crippen molar-refractivity contribution in [2.24, 2.45) is 0 Å². The molecule has 2 aromatic rings. The first-order valence-electron chi connectivity index (χ1n) is 5.82. The van der Waals surface area contributed by atoms with Gasteiger partial charge in [-0.3, -0.25) is 10.1 Å². The smallest absolute Gasteiger partial charge is 0.283 e. The summed E-state index contributed by atoms with van der Waals surface area (Å²) in [7, 11) is 0. The van der Waals surface area contributed by atoms with Crippen LogP contribution < -0.4 is 0 Å². The van der Waals surface area contributed by atoms with Gasteiger partial charge in [-0.2, -0.15) is 0 Å². The van der Waals surface area contributed by atoms with E-state index in [1.54, 1.807) is 30.3 Å². The summed E-state index contributed by atoms with van der Waals surface area (Å²) < 4.78 is 19.2. The topological polar surface area (TPSA) is 52.4 Å². The summed E-state index contributed by atoms with van der Waals surface area (Å²) >= 11 is 3.19. The SMILES string of the molecule is O=[N+]([O-])c1cccc(COCc2ccccc2F)c1Br. The molecular weight excluding hydrogens is 329 g/mol. The Labute approximate surface area is 123 Å². The molecule has 0 fully saturated rings. The highest BCUT2D eigenvalue weighted by atomic mass is 79.9. The molecule has 20 heavy (non-hydrogen) atoms. The lowest BCUT2D eigenvalue weighted by molar-refractivity contribution is -0.385. The average Bonchev–Trinajstić information content (AvgIpc) is 2.42. The molecule has 6 heteroatoms. The van der Waals surface area contributed by atoms with E-state index < -0.39 is 4.92 Å². The third-order valence-electron chi connectivity index (χ3n) is 2.73. The largest absolute Gasteiger partial charge is 0.372 e. The molecule has 4 nitrogen and oxygen atoms in total. The maximum atomic E-state index is 13.4. The summed E-state index contributed by atoms with van der Waals surface area (Å²) in [5.74, 6) is -0.328. The summed E-state index contributed by atoms with van der Waals surface area (Å²) in [6.07, 6.45) is 0. The van der Waals surface area contributed by atoms with Crippen molar-refractivity contribution in [2.75, 3.05) is 0 Å². The quantitative estimate of drug-likeness (QED) is 0.605. The lowest BCUT2D eigenvalue weighted by Crippen LogP contribution is -1.99. The second-order valence-electron chi connectivity index (χ2n) is 4.09. The molecule has 2 aromatic carbocycles. The van der Waals surface area contributed by atoms with Crippen LogP contribution in [0.25, 0.3) is 0 Å². The average molecular weight is 340 g/mol. The minimum Gasteiger partial charge on any atom is -0.372 e. The van der Waals surface area contributed by atoms with E-state index in [4.69, 9.17) is 4.74 Å². The summed E-state index contributed by atoms with van der Waals surface area (Å²) in [6.45, 7) is 0.276. The number of ether oxygens (including phenoxy) is 1. The third-order valence-corrected chi connectivity index (χ3v) is 3.64. The molecule has 104 valence electrons. The Morgan fingerprint density at radius 3 is 2.45 bits per heavy atom. The molecule has 0 saturated heterocycles. The number of nitrogens with zero attached hydrogens (tertiary/aromatic N) is 1. The van der Waals surface area contributed by atoms with Crippen LogP contribution in [0.15, 0.2) is 46.9 Å². The lowest BCUT2D eigenvalue weighted by atomic mass is 10.2. The molecule has 0 aliphatic carbocycles. The Kier molecular flexibility index (Phi) is 4.81. The van der Waals surface area contributed by atoms with Crippen LogP contribution in [0.5, 0.6) is 0 Å². The summed E-state index contributed by atoms with van der Waals surface area (Å²) in [6, 6.07) is 11.0. The maximum absolute atomic E-state index is 13.4. The van der Waals surface area contributed by atoms with Gasteiger partial charge in [0.1, 0.15) is 10.3 Å². The van der Waals surface area contributed by atoms with E-state index in [0.717, 1.165) is 0 Å². The number of nitro benzene ring substituents is 1. The van der Waals surface area contributed by atoms with E-state index in [-0.39, 0.29) is 24.7 Å². The molecule has 0 heterocycles. The monoisotopic (exact) mass is 339 g/mol. The van der Waals surface area contributed by atoms with Crippen LogP contribution in [-0.4, -0.2) is 4.92 Å². The first kappa shape index (κ1) is 14.6. The Hall–Kier alpha value is -1.79. The van der Waals surface area contributed by atoms with Crippen LogP contribution in [0.1, 0.15) is 11.1 Å². The first-order chi connectivity index (χ1) is 9.59. The minimum atomic E-state index is -0.468. The molecule has 0 atom stereocenters. The molecule has 0 aliphatic heterocycles. The molecule has 0 N–H and O–H groups in total. The zero-order chi connectivity index (χ0) is 14.5. The molecule has 0 aromatic heterocycles. The van der Waals surface area contributed by atoms with E-state index >= 15 is 0 Å². The van der Waals surface area contributed by atoms with Gasteiger partial charge in [-0.15, -0.1) is 0 Å². The Balaban J connectivity index is 2.03. The Morgan fingerprint density at radius 2 is 1.75 bits per heavy atom. The van der Waals surface area contributed by atoms with Crippen molar-refractivity contribution < 1.29 is 14.1 Å². The van der Waals surface area contributed by atoms with Crippen LogP contribution in [0.4, 0.5) is 10.1 Å². The second kappa shape index (κ2) is 6.58. The van der Waals surface area contributed by atoms with E-state index in [0.29, 0.717) is 15.6 Å². The minimum absolute atomic E-state index is 0.0167. The molecule has 0 aliphatic rings. The Morgan fingerprint density at radius 1 is 1.10 bits per heavy atom. The van der Waals surface area contributed by atoms with Crippen molar-refractivity contribution in [3.8, 4) is 0 Å². The van der Waals surface area contributed by atoms with Crippen molar-refractivity contribution in [3.63, 3.8) is 0 Å². The highest BCUT2D eigenvalue weighted by molar-refractivity contribution is 9.10. The molecule has 0 saturated carbocycles. The van der Waals surface area contributed by atoms with Gasteiger partial charge in [0, 0.05) is 11.6 Å². The fraction of sp³-hybridized carbons (Fsp3) is 0.143. The van der Waals surface area contributed by atoms with Crippen molar-refractivity contribution in [3.05, 3.63) is 74.0 Å². The number of halogens is 2. The van der Waals surface area contributed by atoms with Crippen LogP contribution in [0.2, 0.25) is 0 Å². The number of hydrogen-bond acceptors (Lipinski definition) is 3. The zero-order valence-electron chi connectivity index (χ0n) is 10.4. The van der Waals surface area contributed by atoms with Crippen LogP contribution >= 0.6 is 15.9 Å². The van der Waals surface area contributed by atoms with Crippen molar-refractivity contribution in [1.82, 2.24) is 0 Å². The summed E-state index contributed by atoms with van der Waals surface area (Å²) in [5, 5.41) is 10.8. The van der Waals surface area contributed by atoms with Crippen LogP contribution in [0.3, 0.4) is 0 Å². The number of benzene rings is 2. The third kappa shape index (κ3) is 3.40. The number of rotatable bonds is 5. The zero-order valence-corrected chi connectivity index (χ0v) is 12.0. The molecule has 0 unspecified atom stereocenters. The van der Waals surface area contributed by atoms with Gasteiger partial charge in [-0.1, -0.05) is 30.3 Å². The van der Waals surface area contributed by atoms with Gasteiger partial charge >= 0.3 is 0 Å². The van der Waals surface area contributed by atoms with E-state index in [9.17, 15) is 14.5 Å². The van der Waals surface area contributed by atoms with Gasteiger partial charge in [-0.25, -0.2) is 4.39 Å². The van der Waals surface area contributed by atoms with E-state index in [2.05, 4.69) is 15.9 Å². The highest BCUT2D eigenvalue weighted by Gasteiger charge is 2.14. The van der Waals surface area contributed by atoms with Crippen molar-refractivity contribution >= 4 is 21.6 Å². The standard InChI is InChI=1S/C14H11BrFNO3/c15-14-11(5-3-7-13(14)17(18)19)9-20-8-10-4-1-2-6-12(10)16/h1-7H,8-9H2. The van der Waals surface area contributed by atoms with Gasteiger partial charge in [0.15, 0.2) is 0 Å². The first-order valence-corrected chi connectivity index (χ1v) is 6.62. The van der Waals surface area contributed by atoms with Crippen LogP contribution in [-0.2, 0) is 18.0 Å². The summed E-state index contributed by atoms with van der Waals surface area (Å²) in [4.78, 5) is 10.3. The molecule has 0 radical (unpaired) electrons. The number of hydrogen-bond donors (Lipinski definition) is 0. The predicted molar refractivity (Wildman–Crippen MR) is 75.7 cm³/mol. The molecule has 2 rings (SSSR count). The van der Waals surface area contributed by atoms with Gasteiger partial charge in [0.2, 0.25) is 0 Å². The van der Waals surface area contributed by atoms with Gasteiger partial charge in [0.05, 0.1) is 18.1 Å². The fourth-order valence-corrected chi connectivity index (χ4v) is 2.23. The fourth-order valence-electron chi connectivity index (χ4n) is 1.71. The number of nitro groups is 1. The normalized spacial score (nSPS) is 10.5. The lowest BCUT2D eigenvalue weighted by Gasteiger charge is -2.07. The second-order valence-corrected chi connectivity index (χ2v) is 4.88. The predicted octanol–water partition coefficient (Wildman–Crippen LogP) is 4.21. The molecule has 0 amide bonds. The van der Waals surface area contributed by atoms with Gasteiger partial charge in [0.25, 0.3) is 5.69 Å². The van der Waals surface area contributed by atoms with Crippen molar-refractivity contribution in [1.29, 1.82) is 0 Å². The van der Waals surface area contributed by atoms with Crippen molar-refractivity contribution in [2.45, 2.75) is 13.2 Å². The van der Waals surface area contributed by atoms with E-state index in [1.165, 1.54) is 12.1 Å². The highest BCUT2D eigenvalue weighted by Crippen LogP contribution is 2.28. The molecule has 0 bridgehead atoms. The van der Waals surface area contributed by atoms with Gasteiger partial charge < -0.3 is 4.74 Å². The summed E-state index contributed by atoms with van der Waals surface area (Å²) in [5.41, 5.74) is 1.08.